The molecule has 1 aromatic rings. The average Bonchev–Trinajstić information content (AvgIpc) is 2.35. The maximum Gasteiger partial charge on any atom is 0.307 e. The molecule has 105 valence electrons. The first-order valence-corrected chi connectivity index (χ1v) is 6.53. The molecular formula is C15H22NO3. The summed E-state index contributed by atoms with van der Waals surface area (Å²) < 4.78 is 4.95. The molecule has 0 bridgehead atoms. The van der Waals surface area contributed by atoms with Crippen molar-refractivity contribution in [1.29, 1.82) is 0 Å². The molecule has 0 aliphatic carbocycles. The molecule has 1 aromatic carbocycles. The highest BCUT2D eigenvalue weighted by atomic mass is 16.5. The van der Waals surface area contributed by atoms with E-state index in [2.05, 4.69) is 0 Å². The summed E-state index contributed by atoms with van der Waals surface area (Å²) in [5.74, 6) is -0.346. The Morgan fingerprint density at radius 3 is 2.32 bits per heavy atom. The zero-order valence-corrected chi connectivity index (χ0v) is 12.1. The van der Waals surface area contributed by atoms with Crippen molar-refractivity contribution >= 4 is 5.97 Å². The molecule has 0 aliphatic heterocycles. The van der Waals surface area contributed by atoms with Crippen LogP contribution in [0.2, 0.25) is 0 Å². The number of benzene rings is 1. The Bertz CT molecular complexity index is 398. The van der Waals surface area contributed by atoms with Crippen molar-refractivity contribution in [3.05, 3.63) is 35.9 Å². The van der Waals surface area contributed by atoms with Gasteiger partial charge < -0.3 is 4.74 Å². The van der Waals surface area contributed by atoms with Crippen LogP contribution >= 0.6 is 0 Å². The van der Waals surface area contributed by atoms with Gasteiger partial charge in [0.05, 0.1) is 19.1 Å². The van der Waals surface area contributed by atoms with Crippen molar-refractivity contribution in [2.75, 3.05) is 6.61 Å². The molecule has 0 aliphatic rings. The Balaban J connectivity index is 2.95. The lowest BCUT2D eigenvalue weighted by molar-refractivity contribution is -0.244. The minimum atomic E-state index is -0.562. The predicted molar refractivity (Wildman–Crippen MR) is 72.7 cm³/mol. The molecule has 0 fully saturated rings. The molecule has 0 saturated heterocycles. The third kappa shape index (κ3) is 4.65. The van der Waals surface area contributed by atoms with Crippen LogP contribution in [0, 0.1) is 0 Å². The monoisotopic (exact) mass is 264 g/mol. The van der Waals surface area contributed by atoms with Crippen LogP contribution in [0.1, 0.15) is 45.7 Å². The van der Waals surface area contributed by atoms with E-state index in [-0.39, 0.29) is 12.4 Å². The van der Waals surface area contributed by atoms with E-state index in [0.29, 0.717) is 6.61 Å². The van der Waals surface area contributed by atoms with Gasteiger partial charge in [-0.05, 0) is 33.3 Å². The van der Waals surface area contributed by atoms with E-state index in [4.69, 9.17) is 4.74 Å². The third-order valence-corrected chi connectivity index (χ3v) is 2.79. The van der Waals surface area contributed by atoms with Gasteiger partial charge in [0.2, 0.25) is 0 Å². The largest absolute Gasteiger partial charge is 0.466 e. The number of ether oxygens (including phenoxy) is 1. The van der Waals surface area contributed by atoms with Gasteiger partial charge in [-0.1, -0.05) is 30.3 Å². The average molecular weight is 264 g/mol. The van der Waals surface area contributed by atoms with Crippen LogP contribution in [-0.4, -0.2) is 23.2 Å². The molecule has 0 aromatic heterocycles. The molecule has 4 nitrogen and oxygen atoms in total. The molecule has 1 radical (unpaired) electrons. The number of hydrogen-bond acceptors (Lipinski definition) is 3. The highest BCUT2D eigenvalue weighted by Gasteiger charge is 2.32. The summed E-state index contributed by atoms with van der Waals surface area (Å²) >= 11 is 0. The smallest absolute Gasteiger partial charge is 0.307 e. The maximum atomic E-state index is 12.4. The fourth-order valence-electron chi connectivity index (χ4n) is 1.86. The molecule has 0 N–H and O–H groups in total. The highest BCUT2D eigenvalue weighted by Crippen LogP contribution is 2.29. The lowest BCUT2D eigenvalue weighted by Crippen LogP contribution is -2.41. The zero-order valence-electron chi connectivity index (χ0n) is 12.1. The van der Waals surface area contributed by atoms with Gasteiger partial charge in [-0.15, -0.1) is 10.3 Å². The van der Waals surface area contributed by atoms with Crippen LogP contribution in [0.25, 0.3) is 0 Å². The van der Waals surface area contributed by atoms with Crippen LogP contribution in [0.4, 0.5) is 0 Å². The Morgan fingerprint density at radius 1 is 1.26 bits per heavy atom. The number of hydroxylamine groups is 2. The van der Waals surface area contributed by atoms with Crippen molar-refractivity contribution in [2.45, 2.75) is 45.7 Å². The fraction of sp³-hybridized carbons (Fsp3) is 0.533. The van der Waals surface area contributed by atoms with E-state index in [0.717, 1.165) is 10.6 Å². The van der Waals surface area contributed by atoms with Crippen LogP contribution in [-0.2, 0) is 14.7 Å². The van der Waals surface area contributed by atoms with Crippen molar-refractivity contribution < 1.29 is 14.7 Å². The molecule has 0 heterocycles. The lowest BCUT2D eigenvalue weighted by Gasteiger charge is -2.34. The molecule has 1 atom stereocenters. The van der Waals surface area contributed by atoms with Crippen molar-refractivity contribution in [2.24, 2.45) is 0 Å². The van der Waals surface area contributed by atoms with E-state index in [1.54, 1.807) is 6.92 Å². The Kier molecular flexibility index (Phi) is 5.51. The number of rotatable bonds is 5. The minimum absolute atomic E-state index is 0.0681. The molecule has 19 heavy (non-hydrogen) atoms. The van der Waals surface area contributed by atoms with E-state index in [1.165, 1.54) is 0 Å². The topological polar surface area (TPSA) is 49.4 Å². The number of nitrogens with zero attached hydrogens (tertiary/aromatic N) is 1. The fourth-order valence-corrected chi connectivity index (χ4v) is 1.86. The summed E-state index contributed by atoms with van der Waals surface area (Å²) in [6, 6.07) is 8.83. The van der Waals surface area contributed by atoms with Gasteiger partial charge >= 0.3 is 5.97 Å². The second-order valence-electron chi connectivity index (χ2n) is 5.43. The molecule has 1 unspecified atom stereocenters. The standard InChI is InChI=1S/C15H22NO3/c1-5-19-14(17)11-13(16(18)15(2,3)4)12-9-7-6-8-10-12/h6-10,13H,5,11H2,1-4H3. The van der Waals surface area contributed by atoms with Gasteiger partial charge in [-0.3, -0.25) is 4.79 Å². The van der Waals surface area contributed by atoms with Gasteiger partial charge in [-0.25, -0.2) is 0 Å². The predicted octanol–water partition coefficient (Wildman–Crippen LogP) is 3.13. The Hall–Kier alpha value is -1.39. The summed E-state index contributed by atoms with van der Waals surface area (Å²) in [6.07, 6.45) is 0.0681. The lowest BCUT2D eigenvalue weighted by atomic mass is 9.98. The van der Waals surface area contributed by atoms with Crippen LogP contribution < -0.4 is 0 Å². The molecule has 4 heteroatoms. The van der Waals surface area contributed by atoms with Crippen molar-refractivity contribution in [1.82, 2.24) is 5.06 Å². The summed E-state index contributed by atoms with van der Waals surface area (Å²) in [7, 11) is 0. The van der Waals surface area contributed by atoms with Gasteiger partial charge in [0.1, 0.15) is 0 Å². The molecule has 1 rings (SSSR count). The molecule has 0 spiro atoms. The number of carbonyl (C=O) groups excluding carboxylic acids is 1. The number of esters is 1. The van der Waals surface area contributed by atoms with E-state index >= 15 is 0 Å². The summed E-state index contributed by atoms with van der Waals surface area (Å²) in [4.78, 5) is 11.7. The van der Waals surface area contributed by atoms with Crippen LogP contribution in [0.15, 0.2) is 30.3 Å². The zero-order chi connectivity index (χ0) is 14.5. The number of hydrogen-bond donors (Lipinski definition) is 0. The summed E-state index contributed by atoms with van der Waals surface area (Å²) in [5, 5.41) is 13.4. The molecule has 0 amide bonds. The Labute approximate surface area is 114 Å². The molecule has 0 saturated carbocycles. The van der Waals surface area contributed by atoms with Crippen molar-refractivity contribution in [3.63, 3.8) is 0 Å². The third-order valence-electron chi connectivity index (χ3n) is 2.79. The van der Waals surface area contributed by atoms with Crippen LogP contribution in [0.5, 0.6) is 0 Å². The maximum absolute atomic E-state index is 12.4. The Morgan fingerprint density at radius 2 is 1.84 bits per heavy atom. The minimum Gasteiger partial charge on any atom is -0.466 e. The number of carbonyl (C=O) groups is 1. The van der Waals surface area contributed by atoms with Gasteiger partial charge in [0, 0.05) is 5.54 Å². The van der Waals surface area contributed by atoms with E-state index in [1.807, 2.05) is 51.1 Å². The highest BCUT2D eigenvalue weighted by molar-refractivity contribution is 5.70. The first-order chi connectivity index (χ1) is 8.86. The van der Waals surface area contributed by atoms with Gasteiger partial charge in [0.25, 0.3) is 0 Å². The van der Waals surface area contributed by atoms with Gasteiger partial charge in [0.15, 0.2) is 0 Å². The van der Waals surface area contributed by atoms with E-state index < -0.39 is 11.6 Å². The SMILES string of the molecule is CCOC(=O)CC(c1ccccc1)N([O])C(C)(C)C. The second kappa shape index (κ2) is 6.68. The normalized spacial score (nSPS) is 13.4. The van der Waals surface area contributed by atoms with Gasteiger partial charge in [-0.2, -0.15) is 0 Å². The summed E-state index contributed by atoms with van der Waals surface area (Å²) in [6.45, 7) is 7.59. The van der Waals surface area contributed by atoms with Crippen LogP contribution in [0.3, 0.4) is 0 Å². The van der Waals surface area contributed by atoms with Crippen molar-refractivity contribution in [3.8, 4) is 0 Å². The summed E-state index contributed by atoms with van der Waals surface area (Å²) in [5.41, 5.74) is 0.271. The van der Waals surface area contributed by atoms with E-state index in [9.17, 15) is 10.0 Å². The molecular weight excluding hydrogens is 242 g/mol. The second-order valence-corrected chi connectivity index (χ2v) is 5.43. The first kappa shape index (κ1) is 15.7. The quantitative estimate of drug-likeness (QED) is 0.606. The first-order valence-electron chi connectivity index (χ1n) is 6.53.